The fourth-order valence-electron chi connectivity index (χ4n) is 5.48. The van der Waals surface area contributed by atoms with E-state index in [1.165, 1.54) is 43.4 Å². The molecule has 4 saturated carbocycles. The third-order valence-electron chi connectivity index (χ3n) is 6.03. The van der Waals surface area contributed by atoms with Gasteiger partial charge < -0.3 is 5.73 Å². The second-order valence-corrected chi connectivity index (χ2v) is 7.34. The minimum Gasteiger partial charge on any atom is -0.324 e. The number of nitrogens with zero attached hydrogens (tertiary/aromatic N) is 2. The average molecular weight is 259 g/mol. The number of hydrogen-bond donors (Lipinski definition) is 1. The van der Waals surface area contributed by atoms with Crippen LogP contribution in [-0.4, -0.2) is 9.78 Å². The quantitative estimate of drug-likeness (QED) is 0.886. The van der Waals surface area contributed by atoms with E-state index in [9.17, 15) is 0 Å². The Kier molecular flexibility index (Phi) is 2.57. The van der Waals surface area contributed by atoms with Crippen molar-refractivity contribution in [1.29, 1.82) is 0 Å². The van der Waals surface area contributed by atoms with Crippen LogP contribution in [0.1, 0.15) is 62.4 Å². The minimum atomic E-state index is 0.102. The fourth-order valence-corrected chi connectivity index (χ4v) is 5.48. The molecule has 1 aromatic heterocycles. The highest BCUT2D eigenvalue weighted by molar-refractivity contribution is 5.21. The van der Waals surface area contributed by atoms with E-state index in [2.05, 4.69) is 18.5 Å². The standard InChI is InChI=1S/C16H25N3/c1-9(17)15-8-18-19(10(15)2)16-13-4-11-3-12(6-13)7-14(16)5-11/h8-9,11-14,16H,3-7,17H2,1-2H3. The molecule has 1 unspecified atom stereocenters. The molecule has 0 aliphatic heterocycles. The van der Waals surface area contributed by atoms with Gasteiger partial charge in [-0.05, 0) is 69.6 Å². The molecule has 5 rings (SSSR count). The summed E-state index contributed by atoms with van der Waals surface area (Å²) in [6.45, 7) is 4.27. The highest BCUT2D eigenvalue weighted by Gasteiger charge is 2.49. The minimum absolute atomic E-state index is 0.102. The van der Waals surface area contributed by atoms with Crippen molar-refractivity contribution >= 4 is 0 Å². The van der Waals surface area contributed by atoms with Gasteiger partial charge in [-0.1, -0.05) is 0 Å². The first-order valence-electron chi connectivity index (χ1n) is 7.93. The summed E-state index contributed by atoms with van der Waals surface area (Å²) in [5.41, 5.74) is 8.59. The SMILES string of the molecule is Cc1c(C(C)N)cnn1C1C2CC3CC(C2)CC1C3. The molecule has 0 aromatic carbocycles. The summed E-state index contributed by atoms with van der Waals surface area (Å²) >= 11 is 0. The maximum atomic E-state index is 6.05. The smallest absolute Gasteiger partial charge is 0.0579 e. The molecule has 0 amide bonds. The molecule has 0 saturated heterocycles. The fraction of sp³-hybridized carbons (Fsp3) is 0.812. The predicted molar refractivity (Wildman–Crippen MR) is 75.6 cm³/mol. The van der Waals surface area contributed by atoms with Crippen LogP contribution in [0.5, 0.6) is 0 Å². The van der Waals surface area contributed by atoms with Gasteiger partial charge in [-0.25, -0.2) is 0 Å². The van der Waals surface area contributed by atoms with E-state index in [1.54, 1.807) is 0 Å². The first kappa shape index (κ1) is 12.0. The molecule has 19 heavy (non-hydrogen) atoms. The molecule has 1 atom stereocenters. The first-order valence-corrected chi connectivity index (χ1v) is 7.93. The molecular weight excluding hydrogens is 234 g/mol. The molecule has 3 nitrogen and oxygen atoms in total. The lowest BCUT2D eigenvalue weighted by atomic mass is 9.54. The Morgan fingerprint density at radius 2 is 1.74 bits per heavy atom. The maximum absolute atomic E-state index is 6.05. The van der Waals surface area contributed by atoms with E-state index >= 15 is 0 Å². The van der Waals surface area contributed by atoms with E-state index in [0.717, 1.165) is 23.7 Å². The van der Waals surface area contributed by atoms with Crippen molar-refractivity contribution in [1.82, 2.24) is 9.78 Å². The van der Waals surface area contributed by atoms with E-state index in [0.29, 0.717) is 6.04 Å². The summed E-state index contributed by atoms with van der Waals surface area (Å²) in [6, 6.07) is 0.769. The Labute approximate surface area is 115 Å². The molecule has 1 aromatic rings. The van der Waals surface area contributed by atoms with Crippen LogP contribution in [0.2, 0.25) is 0 Å². The lowest BCUT2D eigenvalue weighted by Gasteiger charge is -2.54. The Hall–Kier alpha value is -0.830. The van der Waals surface area contributed by atoms with Gasteiger partial charge in [0, 0.05) is 17.3 Å². The summed E-state index contributed by atoms with van der Waals surface area (Å²) in [5.74, 6) is 3.83. The summed E-state index contributed by atoms with van der Waals surface area (Å²) in [5, 5.41) is 4.72. The molecule has 1 heterocycles. The van der Waals surface area contributed by atoms with Crippen LogP contribution in [0, 0.1) is 30.6 Å². The molecule has 2 N–H and O–H groups in total. The Bertz CT molecular complexity index is 460. The van der Waals surface area contributed by atoms with E-state index in [-0.39, 0.29) is 6.04 Å². The first-order chi connectivity index (χ1) is 9.13. The molecule has 4 bridgehead atoms. The molecule has 104 valence electrons. The largest absolute Gasteiger partial charge is 0.324 e. The molecule has 4 aliphatic rings. The molecule has 4 fully saturated rings. The van der Waals surface area contributed by atoms with Crippen LogP contribution < -0.4 is 5.73 Å². The topological polar surface area (TPSA) is 43.8 Å². The summed E-state index contributed by atoms with van der Waals surface area (Å²) in [6.07, 6.45) is 9.32. The van der Waals surface area contributed by atoms with Crippen LogP contribution >= 0.6 is 0 Å². The number of aromatic nitrogens is 2. The van der Waals surface area contributed by atoms with Crippen LogP contribution in [-0.2, 0) is 0 Å². The van der Waals surface area contributed by atoms with Crippen LogP contribution in [0.15, 0.2) is 6.20 Å². The van der Waals surface area contributed by atoms with E-state index in [1.807, 2.05) is 6.20 Å². The van der Waals surface area contributed by atoms with Crippen LogP contribution in [0.25, 0.3) is 0 Å². The van der Waals surface area contributed by atoms with Gasteiger partial charge in [0.25, 0.3) is 0 Å². The number of nitrogens with two attached hydrogens (primary N) is 1. The van der Waals surface area contributed by atoms with Gasteiger partial charge in [0.15, 0.2) is 0 Å². The summed E-state index contributed by atoms with van der Waals surface area (Å²) in [4.78, 5) is 0. The second kappa shape index (κ2) is 4.08. The van der Waals surface area contributed by atoms with Crippen LogP contribution in [0.3, 0.4) is 0 Å². The van der Waals surface area contributed by atoms with Crippen molar-refractivity contribution in [3.8, 4) is 0 Å². The third kappa shape index (κ3) is 1.70. The molecule has 3 heteroatoms. The molecular formula is C16H25N3. The van der Waals surface area contributed by atoms with Gasteiger partial charge in [-0.15, -0.1) is 0 Å². The number of rotatable bonds is 2. The van der Waals surface area contributed by atoms with Gasteiger partial charge in [0.2, 0.25) is 0 Å². The zero-order valence-electron chi connectivity index (χ0n) is 12.0. The average Bonchev–Trinajstić information content (AvgIpc) is 2.70. The normalized spacial score (nSPS) is 41.7. The number of hydrogen-bond acceptors (Lipinski definition) is 2. The van der Waals surface area contributed by atoms with Gasteiger partial charge >= 0.3 is 0 Å². The Balaban J connectivity index is 1.69. The van der Waals surface area contributed by atoms with Gasteiger partial charge in [0.05, 0.1) is 12.2 Å². The van der Waals surface area contributed by atoms with Crippen molar-refractivity contribution in [3.63, 3.8) is 0 Å². The molecule has 0 radical (unpaired) electrons. The van der Waals surface area contributed by atoms with Crippen molar-refractivity contribution in [2.24, 2.45) is 29.4 Å². The van der Waals surface area contributed by atoms with Crippen LogP contribution in [0.4, 0.5) is 0 Å². The summed E-state index contributed by atoms with van der Waals surface area (Å²) in [7, 11) is 0. The predicted octanol–water partition coefficient (Wildman–Crippen LogP) is 3.21. The Morgan fingerprint density at radius 3 is 2.21 bits per heavy atom. The van der Waals surface area contributed by atoms with Gasteiger partial charge in [-0.2, -0.15) is 5.10 Å². The second-order valence-electron chi connectivity index (χ2n) is 7.34. The lowest BCUT2D eigenvalue weighted by molar-refractivity contribution is -0.0344. The van der Waals surface area contributed by atoms with Crippen molar-refractivity contribution in [2.45, 2.75) is 58.0 Å². The maximum Gasteiger partial charge on any atom is 0.0579 e. The van der Waals surface area contributed by atoms with Gasteiger partial charge in [-0.3, -0.25) is 4.68 Å². The highest BCUT2D eigenvalue weighted by Crippen LogP contribution is 2.58. The third-order valence-corrected chi connectivity index (χ3v) is 6.03. The monoisotopic (exact) mass is 259 g/mol. The van der Waals surface area contributed by atoms with Crippen molar-refractivity contribution in [3.05, 3.63) is 17.5 Å². The Morgan fingerprint density at radius 1 is 1.16 bits per heavy atom. The van der Waals surface area contributed by atoms with E-state index < -0.39 is 0 Å². The lowest BCUT2D eigenvalue weighted by Crippen LogP contribution is -2.46. The van der Waals surface area contributed by atoms with Gasteiger partial charge in [0.1, 0.15) is 0 Å². The molecule has 0 spiro atoms. The highest BCUT2D eigenvalue weighted by atomic mass is 15.3. The van der Waals surface area contributed by atoms with Crippen molar-refractivity contribution < 1.29 is 0 Å². The zero-order valence-corrected chi connectivity index (χ0v) is 12.0. The molecule has 4 aliphatic carbocycles. The van der Waals surface area contributed by atoms with E-state index in [4.69, 9.17) is 10.8 Å². The van der Waals surface area contributed by atoms with Crippen molar-refractivity contribution in [2.75, 3.05) is 0 Å². The summed E-state index contributed by atoms with van der Waals surface area (Å²) < 4.78 is 2.34. The zero-order chi connectivity index (χ0) is 13.1.